The lowest BCUT2D eigenvalue weighted by Crippen LogP contribution is -2.47. The van der Waals surface area contributed by atoms with Crippen molar-refractivity contribution in [3.05, 3.63) is 54.9 Å². The molecular formula is C22H25N7. The number of rotatable bonds is 4. The molecule has 0 bridgehead atoms. The molecule has 0 saturated carbocycles. The van der Waals surface area contributed by atoms with Gasteiger partial charge >= 0.3 is 0 Å². The van der Waals surface area contributed by atoms with E-state index in [9.17, 15) is 0 Å². The molecule has 2 saturated heterocycles. The highest BCUT2D eigenvalue weighted by Gasteiger charge is 2.23. The van der Waals surface area contributed by atoms with E-state index in [1.165, 1.54) is 12.8 Å². The molecule has 5 rings (SSSR count). The van der Waals surface area contributed by atoms with Gasteiger partial charge in [-0.3, -0.25) is 0 Å². The van der Waals surface area contributed by atoms with Gasteiger partial charge in [0.2, 0.25) is 5.95 Å². The maximum Gasteiger partial charge on any atom is 0.225 e. The summed E-state index contributed by atoms with van der Waals surface area (Å²) in [6.07, 6.45) is 6.06. The van der Waals surface area contributed by atoms with Gasteiger partial charge in [-0.05, 0) is 18.9 Å². The minimum absolute atomic E-state index is 0.803. The maximum atomic E-state index is 4.93. The fraction of sp³-hybridized carbons (Fsp3) is 0.364. The molecule has 3 aromatic rings. The van der Waals surface area contributed by atoms with Gasteiger partial charge in [0.15, 0.2) is 5.82 Å². The Morgan fingerprint density at radius 1 is 0.621 bits per heavy atom. The van der Waals surface area contributed by atoms with E-state index in [-0.39, 0.29) is 0 Å². The van der Waals surface area contributed by atoms with Crippen molar-refractivity contribution in [3.63, 3.8) is 0 Å². The summed E-state index contributed by atoms with van der Waals surface area (Å²) in [6.45, 7) is 5.70. The van der Waals surface area contributed by atoms with Crippen LogP contribution in [-0.4, -0.2) is 59.2 Å². The van der Waals surface area contributed by atoms with E-state index in [0.717, 1.165) is 68.2 Å². The number of piperazine rings is 1. The van der Waals surface area contributed by atoms with Crippen molar-refractivity contribution in [1.82, 2.24) is 19.9 Å². The standard InChI is InChI=1S/C22H25N7/c1-2-7-18(8-3-1)21-25-19(27-11-4-5-12-27)17-20(26-21)28-13-15-29(16-14-28)22-23-9-6-10-24-22/h1-3,6-10,17H,4-5,11-16H2. The van der Waals surface area contributed by atoms with Gasteiger partial charge in [0, 0.05) is 63.3 Å². The molecule has 0 aliphatic carbocycles. The zero-order valence-electron chi connectivity index (χ0n) is 16.5. The molecule has 7 heteroatoms. The molecule has 29 heavy (non-hydrogen) atoms. The van der Waals surface area contributed by atoms with E-state index >= 15 is 0 Å². The minimum Gasteiger partial charge on any atom is -0.356 e. The molecule has 4 heterocycles. The van der Waals surface area contributed by atoms with E-state index in [4.69, 9.17) is 9.97 Å². The van der Waals surface area contributed by atoms with Gasteiger partial charge in [-0.15, -0.1) is 0 Å². The van der Waals surface area contributed by atoms with Crippen molar-refractivity contribution in [2.75, 3.05) is 54.0 Å². The third kappa shape index (κ3) is 3.85. The Labute approximate surface area is 171 Å². The summed E-state index contributed by atoms with van der Waals surface area (Å²) in [7, 11) is 0. The van der Waals surface area contributed by atoms with Gasteiger partial charge in [0.25, 0.3) is 0 Å². The number of aromatic nitrogens is 4. The monoisotopic (exact) mass is 387 g/mol. The summed E-state index contributed by atoms with van der Waals surface area (Å²) in [5.74, 6) is 3.66. The second kappa shape index (κ2) is 8.03. The van der Waals surface area contributed by atoms with E-state index in [0.29, 0.717) is 0 Å². The highest BCUT2D eigenvalue weighted by molar-refractivity contribution is 5.62. The first-order chi connectivity index (χ1) is 14.4. The minimum atomic E-state index is 0.803. The van der Waals surface area contributed by atoms with Gasteiger partial charge in [0.1, 0.15) is 11.6 Å². The molecule has 2 fully saturated rings. The molecule has 0 unspecified atom stereocenters. The van der Waals surface area contributed by atoms with E-state index in [2.05, 4.69) is 42.9 Å². The normalized spacial score (nSPS) is 17.0. The van der Waals surface area contributed by atoms with Crippen molar-refractivity contribution in [3.8, 4) is 11.4 Å². The summed E-state index contributed by atoms with van der Waals surface area (Å²) in [5.41, 5.74) is 1.06. The van der Waals surface area contributed by atoms with Crippen LogP contribution in [0, 0.1) is 0 Å². The van der Waals surface area contributed by atoms with Crippen LogP contribution in [0.4, 0.5) is 17.6 Å². The maximum absolute atomic E-state index is 4.93. The molecule has 2 aliphatic heterocycles. The molecule has 0 N–H and O–H groups in total. The number of hydrogen-bond donors (Lipinski definition) is 0. The number of anilines is 3. The summed E-state index contributed by atoms with van der Waals surface area (Å²) < 4.78 is 0. The third-order valence-corrected chi connectivity index (χ3v) is 5.60. The second-order valence-electron chi connectivity index (χ2n) is 7.49. The van der Waals surface area contributed by atoms with Crippen LogP contribution >= 0.6 is 0 Å². The molecule has 2 aromatic heterocycles. The third-order valence-electron chi connectivity index (χ3n) is 5.60. The number of nitrogens with zero attached hydrogens (tertiary/aromatic N) is 7. The first-order valence-electron chi connectivity index (χ1n) is 10.3. The van der Waals surface area contributed by atoms with Crippen molar-refractivity contribution in [2.45, 2.75) is 12.8 Å². The molecule has 0 radical (unpaired) electrons. The topological polar surface area (TPSA) is 61.3 Å². The lowest BCUT2D eigenvalue weighted by atomic mass is 10.2. The lowest BCUT2D eigenvalue weighted by Gasteiger charge is -2.35. The summed E-state index contributed by atoms with van der Waals surface area (Å²) in [4.78, 5) is 25.6. The molecule has 0 spiro atoms. The van der Waals surface area contributed by atoms with Crippen LogP contribution in [0.2, 0.25) is 0 Å². The first-order valence-corrected chi connectivity index (χ1v) is 10.3. The van der Waals surface area contributed by atoms with Gasteiger partial charge in [-0.25, -0.2) is 19.9 Å². The highest BCUT2D eigenvalue weighted by Crippen LogP contribution is 2.27. The average molecular weight is 387 g/mol. The Bertz CT molecular complexity index is 934. The molecular weight excluding hydrogens is 362 g/mol. The fourth-order valence-electron chi connectivity index (χ4n) is 4.00. The predicted molar refractivity (Wildman–Crippen MR) is 115 cm³/mol. The van der Waals surface area contributed by atoms with Crippen LogP contribution in [0.3, 0.4) is 0 Å². The summed E-state index contributed by atoms with van der Waals surface area (Å²) in [5, 5.41) is 0. The molecule has 1 aromatic carbocycles. The largest absolute Gasteiger partial charge is 0.356 e. The molecule has 7 nitrogen and oxygen atoms in total. The number of benzene rings is 1. The molecule has 0 atom stereocenters. The van der Waals surface area contributed by atoms with E-state index in [1.54, 1.807) is 12.4 Å². The van der Waals surface area contributed by atoms with Gasteiger partial charge in [-0.1, -0.05) is 30.3 Å². The lowest BCUT2D eigenvalue weighted by molar-refractivity contribution is 0.634. The van der Waals surface area contributed by atoms with Crippen molar-refractivity contribution in [2.24, 2.45) is 0 Å². The quantitative estimate of drug-likeness (QED) is 0.682. The Kier molecular flexibility index (Phi) is 4.94. The smallest absolute Gasteiger partial charge is 0.225 e. The Balaban J connectivity index is 1.41. The van der Waals surface area contributed by atoms with Gasteiger partial charge < -0.3 is 14.7 Å². The van der Waals surface area contributed by atoms with Crippen LogP contribution in [0.1, 0.15) is 12.8 Å². The van der Waals surface area contributed by atoms with Gasteiger partial charge in [0.05, 0.1) is 0 Å². The van der Waals surface area contributed by atoms with Crippen LogP contribution in [-0.2, 0) is 0 Å². The zero-order chi connectivity index (χ0) is 19.5. The Morgan fingerprint density at radius 3 is 1.86 bits per heavy atom. The van der Waals surface area contributed by atoms with Crippen LogP contribution in [0.25, 0.3) is 11.4 Å². The van der Waals surface area contributed by atoms with E-state index < -0.39 is 0 Å². The summed E-state index contributed by atoms with van der Waals surface area (Å²) in [6, 6.07) is 14.3. The fourth-order valence-corrected chi connectivity index (χ4v) is 4.00. The Morgan fingerprint density at radius 2 is 1.21 bits per heavy atom. The van der Waals surface area contributed by atoms with Crippen molar-refractivity contribution >= 4 is 17.6 Å². The molecule has 2 aliphatic rings. The van der Waals surface area contributed by atoms with Crippen molar-refractivity contribution in [1.29, 1.82) is 0 Å². The predicted octanol–water partition coefficient (Wildman–Crippen LogP) is 2.86. The first kappa shape index (κ1) is 17.8. The highest BCUT2D eigenvalue weighted by atomic mass is 15.3. The number of hydrogen-bond acceptors (Lipinski definition) is 7. The Hall–Kier alpha value is -3.22. The van der Waals surface area contributed by atoms with Crippen LogP contribution in [0.5, 0.6) is 0 Å². The van der Waals surface area contributed by atoms with Crippen molar-refractivity contribution < 1.29 is 0 Å². The average Bonchev–Trinajstić information content (AvgIpc) is 3.35. The second-order valence-corrected chi connectivity index (χ2v) is 7.49. The summed E-state index contributed by atoms with van der Waals surface area (Å²) >= 11 is 0. The molecule has 0 amide bonds. The van der Waals surface area contributed by atoms with E-state index in [1.807, 2.05) is 24.3 Å². The van der Waals surface area contributed by atoms with Gasteiger partial charge in [-0.2, -0.15) is 0 Å². The molecule has 148 valence electrons. The SMILES string of the molecule is c1ccc(-c2nc(N3CCCC3)cc(N3CCN(c4ncccn4)CC3)n2)cc1. The van der Waals surface area contributed by atoms with Crippen LogP contribution < -0.4 is 14.7 Å². The van der Waals surface area contributed by atoms with Crippen LogP contribution in [0.15, 0.2) is 54.9 Å². The zero-order valence-corrected chi connectivity index (χ0v) is 16.5.